The second-order valence-electron chi connectivity index (χ2n) is 3.47. The average molecular weight is 217 g/mol. The molecule has 1 rings (SSSR count). The first-order chi connectivity index (χ1) is 7.50. The molecule has 0 bridgehead atoms. The van der Waals surface area contributed by atoms with Crippen molar-refractivity contribution in [3.05, 3.63) is 0 Å². The quantitative estimate of drug-likeness (QED) is 0.476. The monoisotopic (exact) mass is 217 g/mol. The lowest BCUT2D eigenvalue weighted by molar-refractivity contribution is 0.0502. The standard InChI is InChI=1S/C10H23N3O2/c1-3-12-5-7-14-9-10-15-8-6-13-4-2-11-1/h11-13H,1-10H2. The van der Waals surface area contributed by atoms with Crippen LogP contribution in [0.2, 0.25) is 0 Å². The van der Waals surface area contributed by atoms with E-state index in [1.807, 2.05) is 0 Å². The topological polar surface area (TPSA) is 54.5 Å². The summed E-state index contributed by atoms with van der Waals surface area (Å²) in [7, 11) is 0. The molecule has 3 N–H and O–H groups in total. The van der Waals surface area contributed by atoms with Gasteiger partial charge in [0.05, 0.1) is 26.4 Å². The molecule has 0 aliphatic carbocycles. The molecule has 1 saturated heterocycles. The highest BCUT2D eigenvalue weighted by Gasteiger charge is 1.93. The molecular weight excluding hydrogens is 194 g/mol. The van der Waals surface area contributed by atoms with Crippen LogP contribution in [0, 0.1) is 0 Å². The summed E-state index contributed by atoms with van der Waals surface area (Å²) in [5, 5.41) is 9.96. The van der Waals surface area contributed by atoms with E-state index in [0.717, 1.165) is 52.5 Å². The van der Waals surface area contributed by atoms with Crippen LogP contribution in [-0.2, 0) is 9.47 Å². The van der Waals surface area contributed by atoms with Gasteiger partial charge in [-0.3, -0.25) is 0 Å². The van der Waals surface area contributed by atoms with Crippen molar-refractivity contribution in [2.75, 3.05) is 65.7 Å². The predicted octanol–water partition coefficient (Wildman–Crippen LogP) is -1.20. The van der Waals surface area contributed by atoms with E-state index in [9.17, 15) is 0 Å². The van der Waals surface area contributed by atoms with Gasteiger partial charge in [0.2, 0.25) is 0 Å². The van der Waals surface area contributed by atoms with Crippen molar-refractivity contribution in [3.8, 4) is 0 Å². The Morgan fingerprint density at radius 1 is 0.467 bits per heavy atom. The summed E-state index contributed by atoms with van der Waals surface area (Å²) in [4.78, 5) is 0. The van der Waals surface area contributed by atoms with Gasteiger partial charge in [0.25, 0.3) is 0 Å². The second-order valence-corrected chi connectivity index (χ2v) is 3.47. The Balaban J connectivity index is 2.01. The lowest BCUT2D eigenvalue weighted by Crippen LogP contribution is -2.34. The molecule has 1 fully saturated rings. The highest BCUT2D eigenvalue weighted by atomic mass is 16.5. The van der Waals surface area contributed by atoms with Crippen LogP contribution < -0.4 is 16.0 Å². The Morgan fingerprint density at radius 2 is 0.867 bits per heavy atom. The summed E-state index contributed by atoms with van der Waals surface area (Å²) in [6.07, 6.45) is 0. The molecule has 0 aromatic rings. The van der Waals surface area contributed by atoms with E-state index < -0.39 is 0 Å². The number of nitrogens with one attached hydrogen (secondary N) is 3. The predicted molar refractivity (Wildman–Crippen MR) is 60.2 cm³/mol. The fourth-order valence-electron chi connectivity index (χ4n) is 1.34. The van der Waals surface area contributed by atoms with E-state index in [0.29, 0.717) is 13.2 Å². The maximum Gasteiger partial charge on any atom is 0.0701 e. The molecule has 5 heteroatoms. The van der Waals surface area contributed by atoms with Crippen molar-refractivity contribution in [2.45, 2.75) is 0 Å². The van der Waals surface area contributed by atoms with Gasteiger partial charge in [0.15, 0.2) is 0 Å². The Bertz CT molecular complexity index is 77.2. The minimum Gasteiger partial charge on any atom is -0.378 e. The summed E-state index contributed by atoms with van der Waals surface area (Å²) >= 11 is 0. The molecule has 1 heterocycles. The van der Waals surface area contributed by atoms with E-state index in [1.165, 1.54) is 0 Å². The third-order valence-corrected chi connectivity index (χ3v) is 2.18. The molecule has 0 saturated carbocycles. The van der Waals surface area contributed by atoms with E-state index in [-0.39, 0.29) is 0 Å². The molecule has 0 aromatic carbocycles. The summed E-state index contributed by atoms with van der Waals surface area (Å²) in [6.45, 7) is 8.78. The van der Waals surface area contributed by atoms with E-state index in [2.05, 4.69) is 16.0 Å². The molecule has 0 amide bonds. The van der Waals surface area contributed by atoms with Gasteiger partial charge >= 0.3 is 0 Å². The largest absolute Gasteiger partial charge is 0.378 e. The lowest BCUT2D eigenvalue weighted by atomic mass is 10.5. The molecule has 90 valence electrons. The van der Waals surface area contributed by atoms with Gasteiger partial charge in [-0.05, 0) is 0 Å². The van der Waals surface area contributed by atoms with Crippen molar-refractivity contribution in [1.82, 2.24) is 16.0 Å². The molecule has 0 spiro atoms. The summed E-state index contributed by atoms with van der Waals surface area (Å²) in [6, 6.07) is 0. The zero-order chi connectivity index (χ0) is 10.6. The fraction of sp³-hybridized carbons (Fsp3) is 1.00. The summed E-state index contributed by atoms with van der Waals surface area (Å²) in [5.74, 6) is 0. The fourth-order valence-corrected chi connectivity index (χ4v) is 1.34. The maximum absolute atomic E-state index is 5.38. The van der Waals surface area contributed by atoms with Gasteiger partial charge in [0, 0.05) is 39.3 Å². The minimum atomic E-state index is 0.694. The molecule has 15 heavy (non-hydrogen) atoms. The summed E-state index contributed by atoms with van der Waals surface area (Å²) in [5.41, 5.74) is 0. The minimum absolute atomic E-state index is 0.694. The number of hydrogen-bond donors (Lipinski definition) is 3. The highest BCUT2D eigenvalue weighted by molar-refractivity contribution is 4.55. The van der Waals surface area contributed by atoms with Crippen LogP contribution in [0.1, 0.15) is 0 Å². The van der Waals surface area contributed by atoms with E-state index in [1.54, 1.807) is 0 Å². The van der Waals surface area contributed by atoms with Gasteiger partial charge in [-0.15, -0.1) is 0 Å². The average Bonchev–Trinajstić information content (AvgIpc) is 2.27. The Morgan fingerprint density at radius 3 is 1.33 bits per heavy atom. The van der Waals surface area contributed by atoms with Crippen LogP contribution in [0.25, 0.3) is 0 Å². The molecule has 1 aliphatic heterocycles. The van der Waals surface area contributed by atoms with Gasteiger partial charge < -0.3 is 25.4 Å². The van der Waals surface area contributed by atoms with Crippen molar-refractivity contribution >= 4 is 0 Å². The van der Waals surface area contributed by atoms with Crippen LogP contribution in [0.3, 0.4) is 0 Å². The smallest absolute Gasteiger partial charge is 0.0701 e. The molecule has 0 aromatic heterocycles. The SMILES string of the molecule is C1CNCCOCCOCCNCCN1. The first-order valence-corrected chi connectivity index (χ1v) is 5.78. The zero-order valence-electron chi connectivity index (χ0n) is 9.39. The second kappa shape index (κ2) is 10.3. The maximum atomic E-state index is 5.38. The molecule has 0 atom stereocenters. The Labute approximate surface area is 91.9 Å². The third kappa shape index (κ3) is 8.77. The molecule has 0 unspecified atom stereocenters. The Kier molecular flexibility index (Phi) is 8.85. The van der Waals surface area contributed by atoms with Crippen LogP contribution in [0.15, 0.2) is 0 Å². The lowest BCUT2D eigenvalue weighted by Gasteiger charge is -2.06. The zero-order valence-corrected chi connectivity index (χ0v) is 9.39. The third-order valence-electron chi connectivity index (χ3n) is 2.18. The molecule has 1 aliphatic rings. The first-order valence-electron chi connectivity index (χ1n) is 5.78. The number of rotatable bonds is 0. The van der Waals surface area contributed by atoms with Gasteiger partial charge in [0.1, 0.15) is 0 Å². The van der Waals surface area contributed by atoms with Crippen LogP contribution in [0.5, 0.6) is 0 Å². The van der Waals surface area contributed by atoms with Crippen LogP contribution >= 0.6 is 0 Å². The van der Waals surface area contributed by atoms with E-state index >= 15 is 0 Å². The molecule has 0 radical (unpaired) electrons. The molecule has 5 nitrogen and oxygen atoms in total. The first kappa shape index (κ1) is 12.9. The van der Waals surface area contributed by atoms with Crippen molar-refractivity contribution < 1.29 is 9.47 Å². The van der Waals surface area contributed by atoms with Gasteiger partial charge in [-0.1, -0.05) is 0 Å². The van der Waals surface area contributed by atoms with Gasteiger partial charge in [-0.2, -0.15) is 0 Å². The van der Waals surface area contributed by atoms with E-state index in [4.69, 9.17) is 9.47 Å². The van der Waals surface area contributed by atoms with Crippen LogP contribution in [0.4, 0.5) is 0 Å². The van der Waals surface area contributed by atoms with Gasteiger partial charge in [-0.25, -0.2) is 0 Å². The van der Waals surface area contributed by atoms with Crippen molar-refractivity contribution in [1.29, 1.82) is 0 Å². The molecular formula is C10H23N3O2. The van der Waals surface area contributed by atoms with Crippen molar-refractivity contribution in [2.24, 2.45) is 0 Å². The number of ether oxygens (including phenoxy) is 2. The Hall–Kier alpha value is -0.200. The highest BCUT2D eigenvalue weighted by Crippen LogP contribution is 1.78. The normalized spacial score (nSPS) is 24.0. The van der Waals surface area contributed by atoms with Crippen molar-refractivity contribution in [3.63, 3.8) is 0 Å². The number of hydrogen-bond acceptors (Lipinski definition) is 5. The van der Waals surface area contributed by atoms with Crippen LogP contribution in [-0.4, -0.2) is 65.7 Å². The summed E-state index contributed by atoms with van der Waals surface area (Å²) < 4.78 is 10.8.